The number of fused-ring (bicyclic) bond motifs is 2. The molecule has 0 bridgehead atoms. The first kappa shape index (κ1) is 16.6. The molecule has 0 aliphatic carbocycles. The molecule has 0 aliphatic heterocycles. The number of hydrogen-bond donors (Lipinski definition) is 2. The van der Waals surface area contributed by atoms with Crippen molar-refractivity contribution in [2.75, 3.05) is 5.32 Å². The highest BCUT2D eigenvalue weighted by molar-refractivity contribution is 7.17. The molecule has 3 aromatic carbocycles. The molecule has 2 N–H and O–H groups in total. The van der Waals surface area contributed by atoms with Crippen LogP contribution in [0.5, 0.6) is 5.75 Å². The Morgan fingerprint density at radius 1 is 0.893 bits per heavy atom. The Kier molecular flexibility index (Phi) is 3.91. The SMILES string of the molecule is Oc1cccc2c(Nc3ncnc4scc(-c5ccc(F)cc5)c34)cccc12. The molecule has 0 radical (unpaired) electrons. The van der Waals surface area contributed by atoms with Crippen molar-refractivity contribution in [3.8, 4) is 16.9 Å². The molecule has 136 valence electrons. The lowest BCUT2D eigenvalue weighted by atomic mass is 10.1. The summed E-state index contributed by atoms with van der Waals surface area (Å²) < 4.78 is 13.3. The van der Waals surface area contributed by atoms with Gasteiger partial charge in [0.05, 0.1) is 5.39 Å². The zero-order valence-corrected chi connectivity index (χ0v) is 15.4. The first-order valence-corrected chi connectivity index (χ1v) is 9.54. The zero-order valence-electron chi connectivity index (χ0n) is 14.6. The van der Waals surface area contributed by atoms with Crippen molar-refractivity contribution in [1.29, 1.82) is 0 Å². The summed E-state index contributed by atoms with van der Waals surface area (Å²) in [6.45, 7) is 0. The number of anilines is 2. The monoisotopic (exact) mass is 387 g/mol. The number of phenolic OH excluding ortho intramolecular Hbond substituents is 1. The largest absolute Gasteiger partial charge is 0.507 e. The van der Waals surface area contributed by atoms with Crippen molar-refractivity contribution in [2.45, 2.75) is 0 Å². The van der Waals surface area contributed by atoms with Crippen molar-refractivity contribution >= 4 is 43.8 Å². The normalized spacial score (nSPS) is 11.2. The average molecular weight is 387 g/mol. The van der Waals surface area contributed by atoms with Crippen molar-refractivity contribution in [2.24, 2.45) is 0 Å². The Labute approximate surface area is 163 Å². The summed E-state index contributed by atoms with van der Waals surface area (Å²) >= 11 is 1.52. The van der Waals surface area contributed by atoms with Gasteiger partial charge in [-0.05, 0) is 29.8 Å². The van der Waals surface area contributed by atoms with Crippen molar-refractivity contribution in [3.63, 3.8) is 0 Å². The molecule has 0 fully saturated rings. The number of aromatic nitrogens is 2. The molecule has 5 aromatic rings. The average Bonchev–Trinajstić information content (AvgIpc) is 3.15. The number of hydrogen-bond acceptors (Lipinski definition) is 5. The molecule has 4 nitrogen and oxygen atoms in total. The first-order chi connectivity index (χ1) is 13.7. The number of benzene rings is 3. The summed E-state index contributed by atoms with van der Waals surface area (Å²) in [5.41, 5.74) is 2.69. The Morgan fingerprint density at radius 2 is 1.68 bits per heavy atom. The van der Waals surface area contributed by atoms with Gasteiger partial charge in [-0.15, -0.1) is 11.3 Å². The Hall–Kier alpha value is -3.51. The highest BCUT2D eigenvalue weighted by Crippen LogP contribution is 2.39. The summed E-state index contributed by atoms with van der Waals surface area (Å²) in [5, 5.41) is 18.1. The van der Waals surface area contributed by atoms with Crippen LogP contribution in [0.25, 0.3) is 32.1 Å². The molecule has 2 heterocycles. The zero-order chi connectivity index (χ0) is 19.1. The van der Waals surface area contributed by atoms with Crippen LogP contribution < -0.4 is 5.32 Å². The predicted octanol–water partition coefficient (Wildman–Crippen LogP) is 6.10. The van der Waals surface area contributed by atoms with Crippen LogP contribution in [0.15, 0.2) is 72.4 Å². The second-order valence-corrected chi connectivity index (χ2v) is 7.22. The van der Waals surface area contributed by atoms with Crippen LogP contribution in [0.4, 0.5) is 15.9 Å². The van der Waals surface area contributed by atoms with Gasteiger partial charge in [0.25, 0.3) is 0 Å². The number of thiophene rings is 1. The fourth-order valence-electron chi connectivity index (χ4n) is 3.34. The minimum Gasteiger partial charge on any atom is -0.507 e. The third-order valence-corrected chi connectivity index (χ3v) is 5.56. The van der Waals surface area contributed by atoms with E-state index in [1.807, 2.05) is 35.7 Å². The molecule has 0 aliphatic rings. The van der Waals surface area contributed by atoms with E-state index in [4.69, 9.17) is 0 Å². The van der Waals surface area contributed by atoms with E-state index >= 15 is 0 Å². The Bertz CT molecular complexity index is 1310. The molecule has 5 rings (SSSR count). The minimum atomic E-state index is -0.270. The number of rotatable bonds is 3. The number of nitrogens with one attached hydrogen (secondary N) is 1. The smallest absolute Gasteiger partial charge is 0.143 e. The number of halogens is 1. The summed E-state index contributed by atoms with van der Waals surface area (Å²) in [7, 11) is 0. The second-order valence-electron chi connectivity index (χ2n) is 6.36. The van der Waals surface area contributed by atoms with E-state index < -0.39 is 0 Å². The second kappa shape index (κ2) is 6.58. The number of aromatic hydroxyl groups is 1. The van der Waals surface area contributed by atoms with E-state index in [0.29, 0.717) is 5.82 Å². The molecule has 28 heavy (non-hydrogen) atoms. The van der Waals surface area contributed by atoms with Crippen LogP contribution in [0.3, 0.4) is 0 Å². The molecule has 0 spiro atoms. The first-order valence-electron chi connectivity index (χ1n) is 8.66. The van der Waals surface area contributed by atoms with E-state index in [1.165, 1.54) is 29.8 Å². The van der Waals surface area contributed by atoms with Crippen LogP contribution in [0, 0.1) is 5.82 Å². The van der Waals surface area contributed by atoms with Crippen LogP contribution >= 0.6 is 11.3 Å². The van der Waals surface area contributed by atoms with Crippen molar-refractivity contribution < 1.29 is 9.50 Å². The molecule has 2 aromatic heterocycles. The highest BCUT2D eigenvalue weighted by atomic mass is 32.1. The molecular formula is C22H14FN3OS. The molecule has 6 heteroatoms. The van der Waals surface area contributed by atoms with Gasteiger partial charge in [0.2, 0.25) is 0 Å². The molecule has 0 atom stereocenters. The minimum absolute atomic E-state index is 0.233. The van der Waals surface area contributed by atoms with E-state index in [9.17, 15) is 9.50 Å². The maximum absolute atomic E-state index is 13.3. The highest BCUT2D eigenvalue weighted by Gasteiger charge is 2.14. The maximum Gasteiger partial charge on any atom is 0.143 e. The fraction of sp³-hybridized carbons (Fsp3) is 0. The van der Waals surface area contributed by atoms with E-state index in [1.54, 1.807) is 18.2 Å². The molecule has 0 amide bonds. The number of nitrogens with zero attached hydrogens (tertiary/aromatic N) is 2. The summed E-state index contributed by atoms with van der Waals surface area (Å²) in [6, 6.07) is 17.5. The van der Waals surface area contributed by atoms with Crippen LogP contribution in [0.2, 0.25) is 0 Å². The molecular weight excluding hydrogens is 373 g/mol. The van der Waals surface area contributed by atoms with Gasteiger partial charge in [0.1, 0.15) is 28.5 Å². The predicted molar refractivity (Wildman–Crippen MR) is 112 cm³/mol. The van der Waals surface area contributed by atoms with Crippen molar-refractivity contribution in [3.05, 3.63) is 78.2 Å². The van der Waals surface area contributed by atoms with Gasteiger partial charge in [0, 0.05) is 27.4 Å². The van der Waals surface area contributed by atoms with Crippen LogP contribution in [0.1, 0.15) is 0 Å². The Balaban J connectivity index is 1.67. The van der Waals surface area contributed by atoms with Gasteiger partial charge < -0.3 is 10.4 Å². The summed E-state index contributed by atoms with van der Waals surface area (Å²) in [4.78, 5) is 9.68. The fourth-order valence-corrected chi connectivity index (χ4v) is 4.26. The van der Waals surface area contributed by atoms with E-state index in [-0.39, 0.29) is 11.6 Å². The molecule has 0 unspecified atom stereocenters. The number of phenols is 1. The van der Waals surface area contributed by atoms with Gasteiger partial charge in [-0.3, -0.25) is 0 Å². The van der Waals surface area contributed by atoms with Crippen molar-refractivity contribution in [1.82, 2.24) is 9.97 Å². The van der Waals surface area contributed by atoms with Gasteiger partial charge in [0.15, 0.2) is 0 Å². The molecule has 0 saturated heterocycles. The van der Waals surface area contributed by atoms with Crippen LogP contribution in [-0.2, 0) is 0 Å². The Morgan fingerprint density at radius 3 is 2.54 bits per heavy atom. The molecule has 0 saturated carbocycles. The van der Waals surface area contributed by atoms with Gasteiger partial charge in [-0.1, -0.05) is 36.4 Å². The quantitative estimate of drug-likeness (QED) is 0.393. The van der Waals surface area contributed by atoms with Crippen LogP contribution in [-0.4, -0.2) is 15.1 Å². The lowest BCUT2D eigenvalue weighted by molar-refractivity contribution is 0.481. The lowest BCUT2D eigenvalue weighted by Gasteiger charge is -2.11. The topological polar surface area (TPSA) is 58.0 Å². The standard InChI is InChI=1S/C22H14FN3OS/c23-14-9-7-13(8-10-14)17-11-28-22-20(17)21(24-12-25-22)26-18-5-1-4-16-15(18)3-2-6-19(16)27/h1-12,27H,(H,24,25,26). The third-order valence-electron chi connectivity index (χ3n) is 4.68. The summed E-state index contributed by atoms with van der Waals surface area (Å²) in [5.74, 6) is 0.631. The van der Waals surface area contributed by atoms with E-state index in [0.717, 1.165) is 37.8 Å². The van der Waals surface area contributed by atoms with Gasteiger partial charge in [-0.25, -0.2) is 14.4 Å². The third kappa shape index (κ3) is 2.75. The van der Waals surface area contributed by atoms with E-state index in [2.05, 4.69) is 15.3 Å². The van der Waals surface area contributed by atoms with Gasteiger partial charge in [-0.2, -0.15) is 0 Å². The lowest BCUT2D eigenvalue weighted by Crippen LogP contribution is -1.96. The maximum atomic E-state index is 13.3. The summed E-state index contributed by atoms with van der Waals surface area (Å²) in [6.07, 6.45) is 1.53. The van der Waals surface area contributed by atoms with Gasteiger partial charge >= 0.3 is 0 Å².